The van der Waals surface area contributed by atoms with Crippen LogP contribution in [0.15, 0.2) is 42.7 Å². The van der Waals surface area contributed by atoms with E-state index in [4.69, 9.17) is 21.1 Å². The average molecular weight is 404 g/mol. The van der Waals surface area contributed by atoms with E-state index in [9.17, 15) is 4.79 Å². The number of benzene rings is 1. The van der Waals surface area contributed by atoms with Gasteiger partial charge in [0.05, 0.1) is 12.7 Å². The molecule has 7 heteroatoms. The Bertz CT molecular complexity index is 788. The summed E-state index contributed by atoms with van der Waals surface area (Å²) in [6, 6.07) is 9.34. The normalized spacial score (nSPS) is 17.8. The number of hydrogen-bond acceptors (Lipinski definition) is 5. The number of fused-ring (bicyclic) bond motifs is 1. The van der Waals surface area contributed by atoms with Crippen LogP contribution < -0.4 is 14.8 Å². The SMILES string of the molecule is C[C@@H](CNC(=O)CCN1Cc2cc(Cl)ccc2O[C@@H](C)C1)Oc1cccnc1. The van der Waals surface area contributed by atoms with Gasteiger partial charge < -0.3 is 14.8 Å². The lowest BCUT2D eigenvalue weighted by molar-refractivity contribution is -0.121. The molecule has 3 rings (SSSR count). The molecule has 0 aliphatic carbocycles. The van der Waals surface area contributed by atoms with Crippen LogP contribution in [0.2, 0.25) is 5.02 Å². The van der Waals surface area contributed by atoms with Crippen LogP contribution in [0, 0.1) is 0 Å². The van der Waals surface area contributed by atoms with Crippen molar-refractivity contribution < 1.29 is 14.3 Å². The summed E-state index contributed by atoms with van der Waals surface area (Å²) in [5, 5.41) is 3.63. The van der Waals surface area contributed by atoms with Gasteiger partial charge in [-0.3, -0.25) is 14.7 Å². The van der Waals surface area contributed by atoms with E-state index in [0.717, 1.165) is 17.9 Å². The molecule has 1 N–H and O–H groups in total. The summed E-state index contributed by atoms with van der Waals surface area (Å²) in [6.07, 6.45) is 3.69. The lowest BCUT2D eigenvalue weighted by Gasteiger charge is -2.21. The lowest BCUT2D eigenvalue weighted by Crippen LogP contribution is -2.37. The first-order valence-corrected chi connectivity index (χ1v) is 9.88. The first-order valence-electron chi connectivity index (χ1n) is 9.50. The van der Waals surface area contributed by atoms with Crippen molar-refractivity contribution in [2.75, 3.05) is 19.6 Å². The van der Waals surface area contributed by atoms with E-state index in [1.807, 2.05) is 44.2 Å². The molecule has 2 aromatic rings. The Morgan fingerprint density at radius 2 is 2.32 bits per heavy atom. The third-order valence-corrected chi connectivity index (χ3v) is 4.71. The number of amides is 1. The molecule has 1 aliphatic rings. The fourth-order valence-electron chi connectivity index (χ4n) is 3.18. The Morgan fingerprint density at radius 3 is 3.11 bits per heavy atom. The topological polar surface area (TPSA) is 63.7 Å². The molecular formula is C21H26ClN3O3. The maximum absolute atomic E-state index is 12.3. The number of ether oxygens (including phenoxy) is 2. The van der Waals surface area contributed by atoms with Gasteiger partial charge in [0.25, 0.3) is 0 Å². The summed E-state index contributed by atoms with van der Waals surface area (Å²) in [7, 11) is 0. The van der Waals surface area contributed by atoms with Crippen LogP contribution in [-0.2, 0) is 11.3 Å². The van der Waals surface area contributed by atoms with E-state index in [0.29, 0.717) is 36.8 Å². The molecule has 150 valence electrons. The summed E-state index contributed by atoms with van der Waals surface area (Å²) in [4.78, 5) is 18.5. The molecule has 0 saturated carbocycles. The van der Waals surface area contributed by atoms with Gasteiger partial charge in [-0.2, -0.15) is 0 Å². The Morgan fingerprint density at radius 1 is 1.46 bits per heavy atom. The summed E-state index contributed by atoms with van der Waals surface area (Å²) in [6.45, 7) is 6.54. The van der Waals surface area contributed by atoms with E-state index in [-0.39, 0.29) is 18.1 Å². The molecule has 0 bridgehead atoms. The van der Waals surface area contributed by atoms with Gasteiger partial charge >= 0.3 is 0 Å². The standard InChI is InChI=1S/C21H26ClN3O3/c1-15(27-19-4-3-8-23-12-19)11-24-21(26)7-9-25-13-16(2)28-20-6-5-18(22)10-17(20)14-25/h3-6,8,10,12,15-16H,7,9,11,13-14H2,1-2H3,(H,24,26)/t15-,16-/m0/s1. The molecule has 2 atom stereocenters. The Kier molecular flexibility index (Phi) is 7.12. The lowest BCUT2D eigenvalue weighted by atomic mass is 10.2. The average Bonchev–Trinajstić information content (AvgIpc) is 2.83. The van der Waals surface area contributed by atoms with Crippen molar-refractivity contribution in [3.8, 4) is 11.5 Å². The first kappa shape index (κ1) is 20.4. The number of halogens is 1. The van der Waals surface area contributed by atoms with Gasteiger partial charge in [0.2, 0.25) is 5.91 Å². The predicted octanol–water partition coefficient (Wildman–Crippen LogP) is 3.29. The van der Waals surface area contributed by atoms with Crippen molar-refractivity contribution in [3.63, 3.8) is 0 Å². The second kappa shape index (κ2) is 9.75. The fourth-order valence-corrected chi connectivity index (χ4v) is 3.37. The molecule has 1 amide bonds. The van der Waals surface area contributed by atoms with Crippen LogP contribution in [0.4, 0.5) is 0 Å². The number of hydrogen-bond donors (Lipinski definition) is 1. The minimum Gasteiger partial charge on any atom is -0.489 e. The molecule has 2 heterocycles. The minimum atomic E-state index is -0.131. The third kappa shape index (κ3) is 6.11. The number of nitrogens with zero attached hydrogens (tertiary/aromatic N) is 2. The Balaban J connectivity index is 1.44. The van der Waals surface area contributed by atoms with Crippen molar-refractivity contribution in [3.05, 3.63) is 53.3 Å². The first-order chi connectivity index (χ1) is 13.5. The van der Waals surface area contributed by atoms with Crippen molar-refractivity contribution in [1.82, 2.24) is 15.2 Å². The number of carbonyl (C=O) groups is 1. The molecule has 1 aromatic heterocycles. The molecule has 28 heavy (non-hydrogen) atoms. The van der Waals surface area contributed by atoms with Crippen molar-refractivity contribution in [1.29, 1.82) is 0 Å². The number of aromatic nitrogens is 1. The van der Waals surface area contributed by atoms with Gasteiger partial charge in [-0.15, -0.1) is 0 Å². The number of carbonyl (C=O) groups excluding carboxylic acids is 1. The van der Waals surface area contributed by atoms with Crippen molar-refractivity contribution >= 4 is 17.5 Å². The van der Waals surface area contributed by atoms with Gasteiger partial charge in [-0.1, -0.05) is 11.6 Å². The highest BCUT2D eigenvalue weighted by Crippen LogP contribution is 2.28. The van der Waals surface area contributed by atoms with E-state index < -0.39 is 0 Å². The number of pyridine rings is 1. The molecule has 1 aromatic carbocycles. The van der Waals surface area contributed by atoms with Gasteiger partial charge in [-0.05, 0) is 44.2 Å². The second-order valence-electron chi connectivity index (χ2n) is 7.09. The van der Waals surface area contributed by atoms with Crippen LogP contribution in [-0.4, -0.2) is 47.6 Å². The molecule has 1 aliphatic heterocycles. The van der Waals surface area contributed by atoms with Gasteiger partial charge in [0.1, 0.15) is 23.7 Å². The second-order valence-corrected chi connectivity index (χ2v) is 7.52. The van der Waals surface area contributed by atoms with Gasteiger partial charge in [0, 0.05) is 42.8 Å². The maximum atomic E-state index is 12.3. The third-order valence-electron chi connectivity index (χ3n) is 4.47. The summed E-state index contributed by atoms with van der Waals surface area (Å²) >= 11 is 6.12. The smallest absolute Gasteiger partial charge is 0.221 e. The maximum Gasteiger partial charge on any atom is 0.221 e. The molecular weight excluding hydrogens is 378 g/mol. The van der Waals surface area contributed by atoms with Gasteiger partial charge in [0.15, 0.2) is 0 Å². The van der Waals surface area contributed by atoms with Crippen LogP contribution in [0.1, 0.15) is 25.8 Å². The molecule has 0 saturated heterocycles. The highest BCUT2D eigenvalue weighted by Gasteiger charge is 2.21. The van der Waals surface area contributed by atoms with E-state index in [1.54, 1.807) is 12.4 Å². The molecule has 0 fully saturated rings. The highest BCUT2D eigenvalue weighted by atomic mass is 35.5. The Labute approximate surface area is 170 Å². The zero-order valence-electron chi connectivity index (χ0n) is 16.2. The van der Waals surface area contributed by atoms with Crippen molar-refractivity contribution in [2.45, 2.75) is 39.0 Å². The minimum absolute atomic E-state index is 0.00535. The predicted molar refractivity (Wildman–Crippen MR) is 109 cm³/mol. The van der Waals surface area contributed by atoms with Crippen LogP contribution in [0.5, 0.6) is 11.5 Å². The summed E-state index contributed by atoms with van der Waals surface area (Å²) < 4.78 is 11.7. The van der Waals surface area contributed by atoms with Crippen molar-refractivity contribution in [2.24, 2.45) is 0 Å². The monoisotopic (exact) mass is 403 g/mol. The summed E-state index contributed by atoms with van der Waals surface area (Å²) in [5.41, 5.74) is 1.05. The van der Waals surface area contributed by atoms with E-state index >= 15 is 0 Å². The zero-order valence-corrected chi connectivity index (χ0v) is 17.0. The largest absolute Gasteiger partial charge is 0.489 e. The quantitative estimate of drug-likeness (QED) is 0.768. The van der Waals surface area contributed by atoms with Gasteiger partial charge in [-0.25, -0.2) is 0 Å². The van der Waals surface area contributed by atoms with Crippen LogP contribution >= 0.6 is 11.6 Å². The molecule has 0 radical (unpaired) electrons. The number of rotatable bonds is 7. The zero-order chi connectivity index (χ0) is 19.9. The molecule has 0 spiro atoms. The van der Waals surface area contributed by atoms with E-state index in [1.165, 1.54) is 0 Å². The Hall–Kier alpha value is -2.31. The summed E-state index contributed by atoms with van der Waals surface area (Å²) in [5.74, 6) is 1.57. The van der Waals surface area contributed by atoms with Crippen LogP contribution in [0.25, 0.3) is 0 Å². The molecule has 0 unspecified atom stereocenters. The number of nitrogens with one attached hydrogen (secondary N) is 1. The fraction of sp³-hybridized carbons (Fsp3) is 0.429. The van der Waals surface area contributed by atoms with Crippen LogP contribution in [0.3, 0.4) is 0 Å². The molecule has 6 nitrogen and oxygen atoms in total. The van der Waals surface area contributed by atoms with E-state index in [2.05, 4.69) is 15.2 Å². The highest BCUT2D eigenvalue weighted by molar-refractivity contribution is 6.30.